The molecule has 0 radical (unpaired) electrons. The highest BCUT2D eigenvalue weighted by atomic mass is 16.6. The maximum atomic E-state index is 10.1. The highest BCUT2D eigenvalue weighted by Gasteiger charge is 2.40. The van der Waals surface area contributed by atoms with Crippen LogP contribution in [0, 0.1) is 0 Å². The Morgan fingerprint density at radius 1 is 0.806 bits per heavy atom. The largest absolute Gasteiger partial charge is 0.394 e. The number of hydrogen-bond donors (Lipinski definition) is 3. The Kier molecular flexibility index (Phi) is 18.6. The van der Waals surface area contributed by atoms with E-state index in [0.29, 0.717) is 6.61 Å². The molecule has 0 spiro atoms. The normalized spacial score (nSPS) is 22.1. The third-order valence-electron chi connectivity index (χ3n) is 6.37. The van der Waals surface area contributed by atoms with Crippen molar-refractivity contribution in [2.45, 2.75) is 134 Å². The average Bonchev–Trinajstić information content (AvgIpc) is 3.15. The molecule has 3 N–H and O–H groups in total. The van der Waals surface area contributed by atoms with E-state index in [4.69, 9.17) is 14.6 Å². The van der Waals surface area contributed by atoms with E-state index in [1.54, 1.807) is 0 Å². The molecule has 0 bridgehead atoms. The topological polar surface area (TPSA) is 79.2 Å². The molecule has 1 saturated heterocycles. The Bertz CT molecular complexity index is 403. The lowest BCUT2D eigenvalue weighted by Crippen LogP contribution is -2.41. The van der Waals surface area contributed by atoms with Crippen LogP contribution in [-0.2, 0) is 9.47 Å². The monoisotopic (exact) mass is 442 g/mol. The van der Waals surface area contributed by atoms with Crippen molar-refractivity contribution in [3.63, 3.8) is 0 Å². The number of aliphatic hydroxyl groups is 3. The molecule has 1 fully saturated rings. The summed E-state index contributed by atoms with van der Waals surface area (Å²) in [5.41, 5.74) is 0. The highest BCUT2D eigenvalue weighted by Crippen LogP contribution is 2.21. The number of hydrogen-bond acceptors (Lipinski definition) is 5. The third kappa shape index (κ3) is 14.3. The Labute approximate surface area is 191 Å². The summed E-state index contributed by atoms with van der Waals surface area (Å²) < 4.78 is 11.0. The molecule has 0 saturated carbocycles. The van der Waals surface area contributed by atoms with Crippen molar-refractivity contribution in [3.05, 3.63) is 12.7 Å². The highest BCUT2D eigenvalue weighted by molar-refractivity contribution is 4.88. The fourth-order valence-electron chi connectivity index (χ4n) is 4.30. The zero-order valence-corrected chi connectivity index (χ0v) is 19.9. The summed E-state index contributed by atoms with van der Waals surface area (Å²) in [6, 6.07) is 0. The van der Waals surface area contributed by atoms with Gasteiger partial charge in [0, 0.05) is 6.61 Å². The molecule has 1 heterocycles. The molecular weight excluding hydrogens is 392 g/mol. The van der Waals surface area contributed by atoms with E-state index < -0.39 is 31.0 Å². The molecule has 1 aliphatic rings. The van der Waals surface area contributed by atoms with Gasteiger partial charge in [-0.3, -0.25) is 0 Å². The summed E-state index contributed by atoms with van der Waals surface area (Å²) in [6.07, 6.45) is 21.4. The maximum Gasteiger partial charge on any atom is 0.114 e. The zero-order valence-electron chi connectivity index (χ0n) is 19.9. The Hall–Kier alpha value is -0.460. The van der Waals surface area contributed by atoms with Crippen molar-refractivity contribution in [3.8, 4) is 0 Å². The molecule has 0 aromatic carbocycles. The van der Waals surface area contributed by atoms with Gasteiger partial charge in [0.2, 0.25) is 0 Å². The predicted octanol–water partition coefficient (Wildman–Crippen LogP) is 5.30. The van der Waals surface area contributed by atoms with Gasteiger partial charge in [0.1, 0.15) is 24.4 Å². The first kappa shape index (κ1) is 28.6. The van der Waals surface area contributed by atoms with Crippen LogP contribution in [0.5, 0.6) is 0 Å². The first-order valence-electron chi connectivity index (χ1n) is 13.0. The molecule has 184 valence electrons. The average molecular weight is 443 g/mol. The summed E-state index contributed by atoms with van der Waals surface area (Å²) in [4.78, 5) is 0. The second-order valence-corrected chi connectivity index (χ2v) is 9.18. The van der Waals surface area contributed by atoms with Crippen LogP contribution in [0.1, 0.15) is 109 Å². The quantitative estimate of drug-likeness (QED) is 0.157. The van der Waals surface area contributed by atoms with Gasteiger partial charge in [0.15, 0.2) is 0 Å². The van der Waals surface area contributed by atoms with E-state index in [2.05, 4.69) is 6.58 Å². The van der Waals surface area contributed by atoms with Crippen molar-refractivity contribution in [2.24, 2.45) is 0 Å². The number of aliphatic hydroxyl groups excluding tert-OH is 3. The smallest absolute Gasteiger partial charge is 0.114 e. The molecule has 1 aliphatic heterocycles. The molecule has 31 heavy (non-hydrogen) atoms. The van der Waals surface area contributed by atoms with Crippen molar-refractivity contribution in [1.82, 2.24) is 0 Å². The molecular formula is C26H50O5. The maximum absolute atomic E-state index is 10.1. The van der Waals surface area contributed by atoms with Crippen molar-refractivity contribution in [2.75, 3.05) is 19.8 Å². The minimum absolute atomic E-state index is 0.277. The summed E-state index contributed by atoms with van der Waals surface area (Å²) in [5.74, 6) is 0. The minimum atomic E-state index is -1.05. The third-order valence-corrected chi connectivity index (χ3v) is 6.37. The number of allylic oxidation sites excluding steroid dienone is 1. The van der Waals surface area contributed by atoms with Gasteiger partial charge >= 0.3 is 0 Å². The molecule has 5 heteroatoms. The van der Waals surface area contributed by atoms with Gasteiger partial charge in [-0.05, 0) is 19.3 Å². The van der Waals surface area contributed by atoms with Crippen LogP contribution in [0.25, 0.3) is 0 Å². The molecule has 0 amide bonds. The van der Waals surface area contributed by atoms with Gasteiger partial charge in [-0.1, -0.05) is 96.0 Å². The molecule has 1 rings (SSSR count). The number of rotatable bonds is 22. The van der Waals surface area contributed by atoms with Crippen LogP contribution in [0.3, 0.4) is 0 Å². The SMILES string of the molecule is C=CCCCCCCCCCCCCCCCCCCO[C@H]1CO[C@H]([C@H](O)CO)[C@@H]1O. The van der Waals surface area contributed by atoms with Crippen LogP contribution < -0.4 is 0 Å². The van der Waals surface area contributed by atoms with Gasteiger partial charge in [0.05, 0.1) is 13.2 Å². The lowest BCUT2D eigenvalue weighted by atomic mass is 10.0. The second-order valence-electron chi connectivity index (χ2n) is 9.18. The van der Waals surface area contributed by atoms with Gasteiger partial charge in [-0.2, -0.15) is 0 Å². The summed E-state index contributed by atoms with van der Waals surface area (Å²) in [7, 11) is 0. The summed E-state index contributed by atoms with van der Waals surface area (Å²) in [6.45, 7) is 4.25. The van der Waals surface area contributed by atoms with Crippen molar-refractivity contribution >= 4 is 0 Å². The van der Waals surface area contributed by atoms with Crippen molar-refractivity contribution in [1.29, 1.82) is 0 Å². The standard InChI is InChI=1S/C26H50O5/c1-2-3-4-5-6-7-8-9-10-11-12-13-14-15-16-17-18-19-20-30-24-22-31-26(25(24)29)23(28)21-27/h2,23-29H,1,3-22H2/t23-,24+,25-,26-/m1/s1. The van der Waals surface area contributed by atoms with Crippen LogP contribution in [-0.4, -0.2) is 59.6 Å². The number of unbranched alkanes of at least 4 members (excludes halogenated alkanes) is 16. The van der Waals surface area contributed by atoms with Crippen LogP contribution in [0.15, 0.2) is 12.7 Å². The molecule has 0 aliphatic carbocycles. The Morgan fingerprint density at radius 2 is 1.26 bits per heavy atom. The lowest BCUT2D eigenvalue weighted by Gasteiger charge is -2.20. The van der Waals surface area contributed by atoms with E-state index >= 15 is 0 Å². The molecule has 5 nitrogen and oxygen atoms in total. The van der Waals surface area contributed by atoms with E-state index in [0.717, 1.165) is 12.8 Å². The first-order valence-corrected chi connectivity index (χ1v) is 13.0. The van der Waals surface area contributed by atoms with Crippen molar-refractivity contribution < 1.29 is 24.8 Å². The van der Waals surface area contributed by atoms with Gasteiger partial charge in [-0.15, -0.1) is 6.58 Å². The number of ether oxygens (including phenoxy) is 2. The van der Waals surface area contributed by atoms with E-state index in [-0.39, 0.29) is 6.61 Å². The zero-order chi connectivity index (χ0) is 22.6. The van der Waals surface area contributed by atoms with E-state index in [9.17, 15) is 10.2 Å². The predicted molar refractivity (Wildman–Crippen MR) is 127 cm³/mol. The van der Waals surface area contributed by atoms with E-state index in [1.807, 2.05) is 6.08 Å². The fourth-order valence-corrected chi connectivity index (χ4v) is 4.30. The minimum Gasteiger partial charge on any atom is -0.394 e. The van der Waals surface area contributed by atoms with Crippen LogP contribution >= 0.6 is 0 Å². The molecule has 0 unspecified atom stereocenters. The second kappa shape index (κ2) is 20.2. The summed E-state index contributed by atoms with van der Waals surface area (Å²) in [5, 5.41) is 28.6. The Balaban J connectivity index is 1.76. The van der Waals surface area contributed by atoms with Gasteiger partial charge < -0.3 is 24.8 Å². The van der Waals surface area contributed by atoms with E-state index in [1.165, 1.54) is 96.3 Å². The van der Waals surface area contributed by atoms with Crippen LogP contribution in [0.4, 0.5) is 0 Å². The Morgan fingerprint density at radius 3 is 1.71 bits per heavy atom. The molecule has 0 aromatic heterocycles. The molecule has 4 atom stereocenters. The van der Waals surface area contributed by atoms with Gasteiger partial charge in [-0.25, -0.2) is 0 Å². The fraction of sp³-hybridized carbons (Fsp3) is 0.923. The lowest BCUT2D eigenvalue weighted by molar-refractivity contribution is -0.0730. The summed E-state index contributed by atoms with van der Waals surface area (Å²) >= 11 is 0. The van der Waals surface area contributed by atoms with Gasteiger partial charge in [0.25, 0.3) is 0 Å². The van der Waals surface area contributed by atoms with Crippen LogP contribution in [0.2, 0.25) is 0 Å². The first-order chi connectivity index (χ1) is 15.2. The molecule has 0 aromatic rings.